The summed E-state index contributed by atoms with van der Waals surface area (Å²) in [5.41, 5.74) is 1.15. The van der Waals surface area contributed by atoms with Gasteiger partial charge in [-0.15, -0.1) is 10.2 Å². The lowest BCUT2D eigenvalue weighted by atomic mass is 10.2. The number of rotatable bonds is 5. The van der Waals surface area contributed by atoms with Crippen molar-refractivity contribution in [1.82, 2.24) is 10.2 Å². The van der Waals surface area contributed by atoms with Gasteiger partial charge in [-0.1, -0.05) is 35.1 Å². The minimum atomic E-state index is -0.0127. The lowest BCUT2D eigenvalue weighted by Crippen LogP contribution is -2.18. The highest BCUT2D eigenvalue weighted by atomic mass is 35.5. The Kier molecular flexibility index (Phi) is 4.52. The van der Waals surface area contributed by atoms with E-state index in [4.69, 9.17) is 16.7 Å². The second-order valence-corrected chi connectivity index (χ2v) is 5.53. The summed E-state index contributed by atoms with van der Waals surface area (Å²) < 4.78 is 0. The Hall–Kier alpha value is -1.17. The Labute approximate surface area is 115 Å². The molecule has 0 amide bonds. The van der Waals surface area contributed by atoms with Crippen molar-refractivity contribution in [1.29, 1.82) is 0 Å². The van der Waals surface area contributed by atoms with Gasteiger partial charge in [-0.25, -0.2) is 0 Å². The number of hydrogen-bond acceptors (Lipinski definition) is 5. The molecule has 0 fully saturated rings. The zero-order valence-corrected chi connectivity index (χ0v) is 11.5. The van der Waals surface area contributed by atoms with E-state index in [2.05, 4.69) is 15.5 Å². The summed E-state index contributed by atoms with van der Waals surface area (Å²) in [7, 11) is 0. The van der Waals surface area contributed by atoms with Gasteiger partial charge in [0.25, 0.3) is 0 Å². The monoisotopic (exact) mass is 283 g/mol. The molecule has 0 aliphatic heterocycles. The largest absolute Gasteiger partial charge is 0.394 e. The van der Waals surface area contributed by atoms with Gasteiger partial charge in [0.05, 0.1) is 6.61 Å². The van der Waals surface area contributed by atoms with E-state index in [1.807, 2.05) is 31.2 Å². The predicted molar refractivity (Wildman–Crippen MR) is 74.3 cm³/mol. The molecule has 6 heteroatoms. The first kappa shape index (κ1) is 13.3. The second kappa shape index (κ2) is 6.13. The Morgan fingerprint density at radius 1 is 1.33 bits per heavy atom. The molecule has 1 heterocycles. The molecule has 0 unspecified atom stereocenters. The zero-order chi connectivity index (χ0) is 13.0. The Bertz CT molecular complexity index is 500. The molecule has 1 aromatic carbocycles. The third-order valence-electron chi connectivity index (χ3n) is 2.38. The maximum atomic E-state index is 8.95. The number of aliphatic hydroxyl groups is 1. The predicted octanol–water partition coefficient (Wildman–Crippen LogP) is 2.58. The summed E-state index contributed by atoms with van der Waals surface area (Å²) in [5.74, 6) is 0. The van der Waals surface area contributed by atoms with Gasteiger partial charge in [0.2, 0.25) is 5.13 Å². The first-order chi connectivity index (χ1) is 8.67. The van der Waals surface area contributed by atoms with Crippen LogP contribution in [0, 0.1) is 0 Å². The molecule has 0 radical (unpaired) electrons. The molecular formula is C12H14ClN3OS. The van der Waals surface area contributed by atoms with Crippen molar-refractivity contribution >= 4 is 28.1 Å². The fourth-order valence-corrected chi connectivity index (χ4v) is 2.43. The summed E-state index contributed by atoms with van der Waals surface area (Å²) >= 11 is 7.33. The Morgan fingerprint density at radius 3 is 2.72 bits per heavy atom. The summed E-state index contributed by atoms with van der Waals surface area (Å²) in [6.45, 7) is 1.96. The van der Waals surface area contributed by atoms with Gasteiger partial charge in [-0.3, -0.25) is 0 Å². The Balaban J connectivity index is 2.00. The third kappa shape index (κ3) is 3.66. The van der Waals surface area contributed by atoms with E-state index in [1.54, 1.807) is 0 Å². The topological polar surface area (TPSA) is 58.0 Å². The van der Waals surface area contributed by atoms with Gasteiger partial charge >= 0.3 is 0 Å². The lowest BCUT2D eigenvalue weighted by molar-refractivity contribution is 0.281. The average Bonchev–Trinajstić information content (AvgIpc) is 2.79. The van der Waals surface area contributed by atoms with Crippen LogP contribution in [0.2, 0.25) is 5.02 Å². The van der Waals surface area contributed by atoms with Crippen LogP contribution < -0.4 is 5.32 Å². The van der Waals surface area contributed by atoms with Crippen LogP contribution in [-0.4, -0.2) is 28.0 Å². The van der Waals surface area contributed by atoms with Crippen LogP contribution in [0.3, 0.4) is 0 Å². The quantitative estimate of drug-likeness (QED) is 0.885. The molecule has 18 heavy (non-hydrogen) atoms. The van der Waals surface area contributed by atoms with Gasteiger partial charge in [0, 0.05) is 17.5 Å². The van der Waals surface area contributed by atoms with Crippen LogP contribution >= 0.6 is 22.9 Å². The molecule has 0 aliphatic carbocycles. The summed E-state index contributed by atoms with van der Waals surface area (Å²) in [4.78, 5) is 0. The first-order valence-corrected chi connectivity index (χ1v) is 6.81. The standard InChI is InChI=1S/C12H14ClN3OS/c1-8(7-17)14-12-16-15-11(18-12)6-9-2-4-10(13)5-3-9/h2-5,8,17H,6-7H2,1H3,(H,14,16)/t8-/m0/s1. The molecule has 0 spiro atoms. The van der Waals surface area contributed by atoms with E-state index in [0.717, 1.165) is 27.1 Å². The number of anilines is 1. The van der Waals surface area contributed by atoms with Gasteiger partial charge in [-0.2, -0.15) is 0 Å². The van der Waals surface area contributed by atoms with Crippen molar-refractivity contribution < 1.29 is 5.11 Å². The number of aliphatic hydroxyl groups excluding tert-OH is 1. The SMILES string of the molecule is C[C@@H](CO)Nc1nnc(Cc2ccc(Cl)cc2)s1. The van der Waals surface area contributed by atoms with Crippen molar-refractivity contribution in [2.45, 2.75) is 19.4 Å². The van der Waals surface area contributed by atoms with Crippen molar-refractivity contribution in [3.63, 3.8) is 0 Å². The molecule has 1 atom stereocenters. The maximum absolute atomic E-state index is 8.95. The van der Waals surface area contributed by atoms with E-state index in [-0.39, 0.29) is 12.6 Å². The summed E-state index contributed by atoms with van der Waals surface area (Å²) in [6, 6.07) is 7.68. The third-order valence-corrected chi connectivity index (χ3v) is 3.49. The molecule has 0 aliphatic rings. The van der Waals surface area contributed by atoms with E-state index >= 15 is 0 Å². The highest BCUT2D eigenvalue weighted by Gasteiger charge is 2.07. The fraction of sp³-hybridized carbons (Fsp3) is 0.333. The fourth-order valence-electron chi connectivity index (χ4n) is 1.42. The van der Waals surface area contributed by atoms with Crippen LogP contribution in [0.25, 0.3) is 0 Å². The number of halogens is 1. The van der Waals surface area contributed by atoms with Crippen LogP contribution in [0.1, 0.15) is 17.5 Å². The number of benzene rings is 1. The molecule has 0 bridgehead atoms. The van der Waals surface area contributed by atoms with Gasteiger partial charge in [-0.05, 0) is 24.6 Å². The minimum absolute atomic E-state index is 0.0127. The molecule has 2 N–H and O–H groups in total. The van der Waals surface area contributed by atoms with Gasteiger partial charge < -0.3 is 10.4 Å². The van der Waals surface area contributed by atoms with Crippen molar-refractivity contribution in [2.75, 3.05) is 11.9 Å². The number of nitrogens with zero attached hydrogens (tertiary/aromatic N) is 2. The van der Waals surface area contributed by atoms with Crippen molar-refractivity contribution in [3.8, 4) is 0 Å². The molecule has 1 aromatic heterocycles. The molecule has 4 nitrogen and oxygen atoms in total. The molecule has 96 valence electrons. The Morgan fingerprint density at radius 2 is 2.06 bits per heavy atom. The van der Waals surface area contributed by atoms with Gasteiger partial charge in [0.15, 0.2) is 0 Å². The van der Waals surface area contributed by atoms with E-state index in [0.29, 0.717) is 0 Å². The number of hydrogen-bond donors (Lipinski definition) is 2. The van der Waals surface area contributed by atoms with E-state index < -0.39 is 0 Å². The van der Waals surface area contributed by atoms with E-state index in [9.17, 15) is 0 Å². The highest BCUT2D eigenvalue weighted by Crippen LogP contribution is 2.20. The smallest absolute Gasteiger partial charge is 0.205 e. The van der Waals surface area contributed by atoms with Gasteiger partial charge in [0.1, 0.15) is 5.01 Å². The molecular weight excluding hydrogens is 270 g/mol. The number of nitrogens with one attached hydrogen (secondary N) is 1. The van der Waals surface area contributed by atoms with Crippen molar-refractivity contribution in [2.24, 2.45) is 0 Å². The summed E-state index contributed by atoms with van der Waals surface area (Å²) in [5, 5.41) is 22.6. The lowest BCUT2D eigenvalue weighted by Gasteiger charge is -2.07. The molecule has 0 saturated heterocycles. The summed E-state index contributed by atoms with van der Waals surface area (Å²) in [6.07, 6.45) is 0.740. The van der Waals surface area contributed by atoms with Crippen LogP contribution in [0.4, 0.5) is 5.13 Å². The van der Waals surface area contributed by atoms with E-state index in [1.165, 1.54) is 11.3 Å². The average molecular weight is 284 g/mol. The van der Waals surface area contributed by atoms with Crippen molar-refractivity contribution in [3.05, 3.63) is 39.9 Å². The maximum Gasteiger partial charge on any atom is 0.205 e. The highest BCUT2D eigenvalue weighted by molar-refractivity contribution is 7.15. The van der Waals surface area contributed by atoms with Crippen LogP contribution in [0.5, 0.6) is 0 Å². The van der Waals surface area contributed by atoms with Crippen LogP contribution in [-0.2, 0) is 6.42 Å². The zero-order valence-electron chi connectivity index (χ0n) is 9.93. The molecule has 2 rings (SSSR count). The molecule has 2 aromatic rings. The molecule has 0 saturated carbocycles. The van der Waals surface area contributed by atoms with Crippen LogP contribution in [0.15, 0.2) is 24.3 Å². The second-order valence-electron chi connectivity index (χ2n) is 4.03. The normalized spacial score (nSPS) is 12.4. The first-order valence-electron chi connectivity index (χ1n) is 5.61. The number of aromatic nitrogens is 2. The minimum Gasteiger partial charge on any atom is -0.394 e.